The van der Waals surface area contributed by atoms with E-state index in [-0.39, 0.29) is 23.8 Å². The normalized spacial score (nSPS) is 24.3. The third-order valence-corrected chi connectivity index (χ3v) is 4.51. The van der Waals surface area contributed by atoms with Crippen LogP contribution in [-0.2, 0) is 0 Å². The average Bonchev–Trinajstić information content (AvgIpc) is 2.46. The van der Waals surface area contributed by atoms with E-state index in [1.165, 1.54) is 4.90 Å². The molecule has 2 aliphatic rings. The lowest BCUT2D eigenvalue weighted by Crippen LogP contribution is -2.46. The van der Waals surface area contributed by atoms with Gasteiger partial charge in [0.1, 0.15) is 0 Å². The number of amides is 2. The molecular formula is C17H15NO3. The number of hydrogen-bond donors (Lipinski definition) is 1. The fourth-order valence-electron chi connectivity index (χ4n) is 3.35. The molecule has 1 fully saturated rings. The Morgan fingerprint density at radius 1 is 1.00 bits per heavy atom. The van der Waals surface area contributed by atoms with Gasteiger partial charge in [-0.2, -0.15) is 0 Å². The minimum atomic E-state index is -0.277. The summed E-state index contributed by atoms with van der Waals surface area (Å²) in [5.74, 6) is -0.214. The molecule has 2 aromatic rings. The summed E-state index contributed by atoms with van der Waals surface area (Å²) in [6.07, 6.45) is 1.06. The van der Waals surface area contributed by atoms with Crippen molar-refractivity contribution in [2.45, 2.75) is 18.9 Å². The molecule has 0 aromatic heterocycles. The molecule has 1 saturated carbocycles. The second-order valence-electron chi connectivity index (χ2n) is 5.92. The second kappa shape index (κ2) is 4.40. The Morgan fingerprint density at radius 2 is 1.57 bits per heavy atom. The van der Waals surface area contributed by atoms with Crippen molar-refractivity contribution >= 4 is 22.6 Å². The first kappa shape index (κ1) is 12.5. The topological polar surface area (TPSA) is 57.6 Å². The second-order valence-corrected chi connectivity index (χ2v) is 5.92. The summed E-state index contributed by atoms with van der Waals surface area (Å²) in [7, 11) is 0. The number of benzene rings is 2. The quantitative estimate of drug-likeness (QED) is 0.859. The van der Waals surface area contributed by atoms with Gasteiger partial charge in [0.2, 0.25) is 0 Å². The number of nitrogens with zero attached hydrogens (tertiary/aromatic N) is 1. The van der Waals surface area contributed by atoms with Crippen LogP contribution in [0.3, 0.4) is 0 Å². The van der Waals surface area contributed by atoms with E-state index in [0.717, 1.165) is 10.8 Å². The van der Waals surface area contributed by atoms with Crippen molar-refractivity contribution in [3.8, 4) is 0 Å². The maximum Gasteiger partial charge on any atom is 0.261 e. The minimum absolute atomic E-state index is 0.217. The molecule has 1 N–H and O–H groups in total. The number of carbonyl (C=O) groups excluding carboxylic acids is 2. The van der Waals surface area contributed by atoms with E-state index in [4.69, 9.17) is 0 Å². The van der Waals surface area contributed by atoms with E-state index in [9.17, 15) is 14.7 Å². The number of aliphatic hydroxyl groups is 1. The van der Waals surface area contributed by atoms with Crippen molar-refractivity contribution in [3.63, 3.8) is 0 Å². The highest BCUT2D eigenvalue weighted by atomic mass is 16.3. The van der Waals surface area contributed by atoms with Crippen LogP contribution in [0, 0.1) is 5.92 Å². The summed E-state index contributed by atoms with van der Waals surface area (Å²) >= 11 is 0. The van der Waals surface area contributed by atoms with Gasteiger partial charge in [0.25, 0.3) is 11.8 Å². The lowest BCUT2D eigenvalue weighted by atomic mass is 9.81. The number of carbonyl (C=O) groups is 2. The summed E-state index contributed by atoms with van der Waals surface area (Å²) < 4.78 is 0. The van der Waals surface area contributed by atoms with Crippen molar-refractivity contribution in [2.24, 2.45) is 5.92 Å². The first-order valence-corrected chi connectivity index (χ1v) is 7.21. The molecule has 2 aromatic carbocycles. The summed E-state index contributed by atoms with van der Waals surface area (Å²) in [5.41, 5.74) is 1.20. The van der Waals surface area contributed by atoms with Gasteiger partial charge in [0.05, 0.1) is 6.10 Å². The van der Waals surface area contributed by atoms with Crippen molar-refractivity contribution in [2.75, 3.05) is 6.54 Å². The highest BCUT2D eigenvalue weighted by molar-refractivity contribution is 6.25. The Labute approximate surface area is 122 Å². The summed E-state index contributed by atoms with van der Waals surface area (Å²) in [4.78, 5) is 26.6. The predicted octanol–water partition coefficient (Wildman–Crippen LogP) is 2.21. The molecule has 0 radical (unpaired) electrons. The van der Waals surface area contributed by atoms with Crippen LogP contribution in [0.5, 0.6) is 0 Å². The molecule has 0 spiro atoms. The Hall–Kier alpha value is -2.20. The number of hydrogen-bond acceptors (Lipinski definition) is 3. The molecule has 106 valence electrons. The maximum absolute atomic E-state index is 12.6. The zero-order valence-corrected chi connectivity index (χ0v) is 11.5. The van der Waals surface area contributed by atoms with E-state index in [0.29, 0.717) is 30.5 Å². The first-order chi connectivity index (χ1) is 10.1. The Kier molecular flexibility index (Phi) is 2.62. The molecule has 0 unspecified atom stereocenters. The average molecular weight is 281 g/mol. The Morgan fingerprint density at radius 3 is 2.10 bits per heavy atom. The first-order valence-electron chi connectivity index (χ1n) is 7.21. The zero-order chi connectivity index (χ0) is 14.6. The smallest absolute Gasteiger partial charge is 0.261 e. The maximum atomic E-state index is 12.6. The van der Waals surface area contributed by atoms with Crippen LogP contribution in [0.2, 0.25) is 0 Å². The lowest BCUT2D eigenvalue weighted by Gasteiger charge is -2.36. The largest absolute Gasteiger partial charge is 0.393 e. The lowest BCUT2D eigenvalue weighted by molar-refractivity contribution is 0.0215. The minimum Gasteiger partial charge on any atom is -0.393 e. The monoisotopic (exact) mass is 281 g/mol. The van der Waals surface area contributed by atoms with Crippen LogP contribution in [0.4, 0.5) is 0 Å². The van der Waals surface area contributed by atoms with Gasteiger partial charge >= 0.3 is 0 Å². The Bertz CT molecular complexity index is 711. The number of rotatable bonds is 2. The standard InChI is InChI=1S/C17H15NO3/c19-12-7-10(8-12)9-18-16(20)13-5-1-3-11-4-2-6-14(15(11)13)17(18)21/h1-6,10,12,19H,7-9H2. The van der Waals surface area contributed by atoms with Gasteiger partial charge in [-0.05, 0) is 36.3 Å². The van der Waals surface area contributed by atoms with Crippen LogP contribution >= 0.6 is 0 Å². The van der Waals surface area contributed by atoms with Crippen LogP contribution in [-0.4, -0.2) is 34.5 Å². The number of aliphatic hydroxyl groups excluding tert-OH is 1. The SMILES string of the molecule is O=C1c2cccc3cccc(c23)C(=O)N1CC1CC(O)C1. The van der Waals surface area contributed by atoms with E-state index in [2.05, 4.69) is 0 Å². The van der Waals surface area contributed by atoms with Gasteiger partial charge < -0.3 is 5.11 Å². The van der Waals surface area contributed by atoms with E-state index in [1.807, 2.05) is 24.3 Å². The molecule has 0 bridgehead atoms. The van der Waals surface area contributed by atoms with E-state index >= 15 is 0 Å². The van der Waals surface area contributed by atoms with Gasteiger partial charge in [-0.25, -0.2) is 0 Å². The molecule has 4 nitrogen and oxygen atoms in total. The van der Waals surface area contributed by atoms with Gasteiger partial charge in [0, 0.05) is 23.1 Å². The van der Waals surface area contributed by atoms with Crippen molar-refractivity contribution < 1.29 is 14.7 Å². The number of imide groups is 1. The highest BCUT2D eigenvalue weighted by Gasteiger charge is 2.37. The third kappa shape index (κ3) is 1.79. The molecule has 1 heterocycles. The molecule has 2 amide bonds. The predicted molar refractivity (Wildman–Crippen MR) is 78.0 cm³/mol. The molecular weight excluding hydrogens is 266 g/mol. The van der Waals surface area contributed by atoms with E-state index in [1.54, 1.807) is 12.1 Å². The Balaban J connectivity index is 1.78. The van der Waals surface area contributed by atoms with Gasteiger partial charge in [-0.1, -0.05) is 24.3 Å². The van der Waals surface area contributed by atoms with Crippen molar-refractivity contribution in [1.82, 2.24) is 4.90 Å². The molecule has 4 rings (SSSR count). The van der Waals surface area contributed by atoms with Crippen molar-refractivity contribution in [1.29, 1.82) is 0 Å². The van der Waals surface area contributed by atoms with Crippen molar-refractivity contribution in [3.05, 3.63) is 47.5 Å². The van der Waals surface area contributed by atoms with Crippen LogP contribution < -0.4 is 0 Å². The van der Waals surface area contributed by atoms with Gasteiger partial charge in [-0.15, -0.1) is 0 Å². The molecule has 0 atom stereocenters. The molecule has 1 aliphatic carbocycles. The van der Waals surface area contributed by atoms with Crippen LogP contribution in [0.25, 0.3) is 10.8 Å². The molecule has 1 aliphatic heterocycles. The van der Waals surface area contributed by atoms with Gasteiger partial charge in [0.15, 0.2) is 0 Å². The molecule has 21 heavy (non-hydrogen) atoms. The highest BCUT2D eigenvalue weighted by Crippen LogP contribution is 2.33. The molecule has 0 saturated heterocycles. The third-order valence-electron chi connectivity index (χ3n) is 4.51. The van der Waals surface area contributed by atoms with Gasteiger partial charge in [-0.3, -0.25) is 14.5 Å². The summed E-state index contributed by atoms with van der Waals surface area (Å²) in [6, 6.07) is 11.1. The van der Waals surface area contributed by atoms with Crippen LogP contribution in [0.1, 0.15) is 33.6 Å². The fraction of sp³-hybridized carbons (Fsp3) is 0.294. The summed E-state index contributed by atoms with van der Waals surface area (Å²) in [6.45, 7) is 0.402. The fourth-order valence-corrected chi connectivity index (χ4v) is 3.35. The zero-order valence-electron chi connectivity index (χ0n) is 11.5. The van der Waals surface area contributed by atoms with Crippen LogP contribution in [0.15, 0.2) is 36.4 Å². The molecule has 4 heteroatoms. The van der Waals surface area contributed by atoms with E-state index < -0.39 is 0 Å². The summed E-state index contributed by atoms with van der Waals surface area (Å²) in [5, 5.41) is 11.1.